The van der Waals surface area contributed by atoms with Crippen LogP contribution in [0.3, 0.4) is 0 Å². The molecular weight excluding hydrogens is 150 g/mol. The van der Waals surface area contributed by atoms with Gasteiger partial charge in [0.1, 0.15) is 0 Å². The van der Waals surface area contributed by atoms with Crippen LogP contribution >= 0.6 is 0 Å². The van der Waals surface area contributed by atoms with Gasteiger partial charge in [-0.3, -0.25) is 9.59 Å². The summed E-state index contributed by atoms with van der Waals surface area (Å²) in [5.74, 6) is -3.32. The fourth-order valence-electron chi connectivity index (χ4n) is 0.363. The molecule has 11 heavy (non-hydrogen) atoms. The Hall–Kier alpha value is -1.65. The lowest BCUT2D eigenvalue weighted by molar-refractivity contribution is -0.297. The third kappa shape index (κ3) is 4.83. The van der Waals surface area contributed by atoms with Gasteiger partial charge >= 0.3 is 0 Å². The third-order valence-corrected chi connectivity index (χ3v) is 0.832. The summed E-state index contributed by atoms with van der Waals surface area (Å²) >= 11 is 0. The van der Waals surface area contributed by atoms with Crippen molar-refractivity contribution in [2.45, 2.75) is 6.42 Å². The largest absolute Gasteiger partial charge is 0.545 e. The van der Waals surface area contributed by atoms with Crippen LogP contribution in [0.2, 0.25) is 0 Å². The number of carboxylic acid groups (broad SMARTS) is 1. The lowest BCUT2D eigenvalue weighted by atomic mass is 10.2. The van der Waals surface area contributed by atoms with E-state index < -0.39 is 17.7 Å². The van der Waals surface area contributed by atoms with Crippen LogP contribution in [-0.4, -0.2) is 17.7 Å². The number of allylic oxidation sites excluding steroid dienone is 1. The van der Waals surface area contributed by atoms with Crippen molar-refractivity contribution in [3.05, 3.63) is 12.2 Å². The zero-order chi connectivity index (χ0) is 8.85. The summed E-state index contributed by atoms with van der Waals surface area (Å²) in [4.78, 5) is 30.2. The zero-order valence-electron chi connectivity index (χ0n) is 5.57. The number of nitrogens with two attached hydrogens (primary N) is 1. The molecule has 0 spiro atoms. The van der Waals surface area contributed by atoms with Crippen LogP contribution in [0.4, 0.5) is 0 Å². The fourth-order valence-corrected chi connectivity index (χ4v) is 0.363. The van der Waals surface area contributed by atoms with Crippen LogP contribution in [0.15, 0.2) is 12.2 Å². The fraction of sp³-hybridized carbons (Fsp3) is 0.167. The van der Waals surface area contributed by atoms with Gasteiger partial charge in [-0.2, -0.15) is 0 Å². The molecule has 60 valence electrons. The summed E-state index contributed by atoms with van der Waals surface area (Å²) in [6.45, 7) is 0. The van der Waals surface area contributed by atoms with E-state index in [2.05, 4.69) is 5.73 Å². The molecule has 0 aromatic carbocycles. The van der Waals surface area contributed by atoms with E-state index in [4.69, 9.17) is 0 Å². The van der Waals surface area contributed by atoms with Crippen molar-refractivity contribution in [1.82, 2.24) is 0 Å². The highest BCUT2D eigenvalue weighted by molar-refractivity contribution is 6.35. The normalized spacial score (nSPS) is 9.82. The Morgan fingerprint density at radius 2 is 1.91 bits per heavy atom. The third-order valence-electron chi connectivity index (χ3n) is 0.832. The Bertz CT molecular complexity index is 219. The van der Waals surface area contributed by atoms with E-state index in [0.29, 0.717) is 6.08 Å². The minimum absolute atomic E-state index is 0.302. The van der Waals surface area contributed by atoms with Crippen LogP contribution in [-0.2, 0) is 14.4 Å². The van der Waals surface area contributed by atoms with E-state index in [1.54, 1.807) is 0 Å². The van der Waals surface area contributed by atoms with Gasteiger partial charge in [0.25, 0.3) is 5.91 Å². The first-order valence-corrected chi connectivity index (χ1v) is 2.74. The first kappa shape index (κ1) is 9.35. The zero-order valence-corrected chi connectivity index (χ0v) is 5.57. The van der Waals surface area contributed by atoms with Gasteiger partial charge in [-0.05, 0) is 6.08 Å². The van der Waals surface area contributed by atoms with Crippen molar-refractivity contribution in [1.29, 1.82) is 0 Å². The molecule has 0 heterocycles. The number of primary amides is 1. The monoisotopic (exact) mass is 156 g/mol. The molecule has 0 unspecified atom stereocenters. The van der Waals surface area contributed by atoms with Gasteiger partial charge in [0, 0.05) is 6.42 Å². The predicted octanol–water partition coefficient (Wildman–Crippen LogP) is -2.26. The number of ketones is 1. The van der Waals surface area contributed by atoms with E-state index in [9.17, 15) is 19.5 Å². The second kappa shape index (κ2) is 4.21. The number of hydrogen-bond acceptors (Lipinski definition) is 4. The van der Waals surface area contributed by atoms with Crippen LogP contribution < -0.4 is 10.8 Å². The number of hydrogen-bond donors (Lipinski definition) is 1. The Labute approximate surface area is 62.5 Å². The molecule has 0 atom stereocenters. The standard InChI is InChI=1S/C6H7NO4/c7-6(11)4(8)2-1-3-5(9)10/h1,3H,2H2,(H2,7,11)(H,9,10)/p-1/b3-1+. The summed E-state index contributed by atoms with van der Waals surface area (Å²) < 4.78 is 0. The molecule has 0 saturated heterocycles. The molecule has 0 aliphatic heterocycles. The number of carbonyl (C=O) groups is 3. The summed E-state index contributed by atoms with van der Waals surface area (Å²) in [6, 6.07) is 0. The maximum atomic E-state index is 10.4. The maximum absolute atomic E-state index is 10.4. The average molecular weight is 156 g/mol. The highest BCUT2D eigenvalue weighted by Gasteiger charge is 2.04. The summed E-state index contributed by atoms with van der Waals surface area (Å²) in [6.07, 6.45) is 1.37. The summed E-state index contributed by atoms with van der Waals surface area (Å²) in [5, 5.41) is 9.73. The molecule has 5 nitrogen and oxygen atoms in total. The second-order valence-corrected chi connectivity index (χ2v) is 1.71. The molecule has 0 aliphatic rings. The molecule has 0 aromatic heterocycles. The number of aliphatic carboxylic acids is 1. The molecule has 0 fully saturated rings. The van der Waals surface area contributed by atoms with Crippen LogP contribution in [0.25, 0.3) is 0 Å². The molecule has 0 rings (SSSR count). The minimum Gasteiger partial charge on any atom is -0.545 e. The Kier molecular flexibility index (Phi) is 3.58. The molecule has 0 aliphatic carbocycles. The number of rotatable bonds is 4. The lowest BCUT2D eigenvalue weighted by Gasteiger charge is -1.90. The van der Waals surface area contributed by atoms with E-state index in [1.807, 2.05) is 0 Å². The topological polar surface area (TPSA) is 100 Å². The van der Waals surface area contributed by atoms with E-state index in [-0.39, 0.29) is 6.42 Å². The van der Waals surface area contributed by atoms with Crippen LogP contribution in [0.1, 0.15) is 6.42 Å². The molecule has 0 aromatic rings. The van der Waals surface area contributed by atoms with E-state index in [0.717, 1.165) is 6.08 Å². The highest BCUT2D eigenvalue weighted by atomic mass is 16.4. The first-order chi connectivity index (χ1) is 5.04. The average Bonchev–Trinajstić information content (AvgIpc) is 1.86. The molecule has 0 bridgehead atoms. The van der Waals surface area contributed by atoms with Gasteiger partial charge in [-0.25, -0.2) is 0 Å². The highest BCUT2D eigenvalue weighted by Crippen LogP contribution is 1.83. The quantitative estimate of drug-likeness (QED) is 0.366. The molecule has 5 heteroatoms. The van der Waals surface area contributed by atoms with Crippen molar-refractivity contribution in [3.63, 3.8) is 0 Å². The summed E-state index contributed by atoms with van der Waals surface area (Å²) in [7, 11) is 0. The Morgan fingerprint density at radius 1 is 1.36 bits per heavy atom. The SMILES string of the molecule is NC(=O)C(=O)C/C=C/C(=O)[O-]. The predicted molar refractivity (Wildman–Crippen MR) is 33.0 cm³/mol. The molecular formula is C6H6NO4-. The van der Waals surface area contributed by atoms with Gasteiger partial charge in [-0.1, -0.05) is 6.08 Å². The van der Waals surface area contributed by atoms with Gasteiger partial charge in [0.15, 0.2) is 0 Å². The molecule has 0 radical (unpaired) electrons. The second-order valence-electron chi connectivity index (χ2n) is 1.71. The number of carboxylic acids is 1. The van der Waals surface area contributed by atoms with Crippen molar-refractivity contribution in [3.8, 4) is 0 Å². The van der Waals surface area contributed by atoms with E-state index >= 15 is 0 Å². The van der Waals surface area contributed by atoms with E-state index in [1.165, 1.54) is 0 Å². The van der Waals surface area contributed by atoms with Crippen molar-refractivity contribution in [2.24, 2.45) is 5.73 Å². The van der Waals surface area contributed by atoms with Gasteiger partial charge in [0.2, 0.25) is 5.78 Å². The maximum Gasteiger partial charge on any atom is 0.285 e. The Balaban J connectivity index is 3.80. The smallest absolute Gasteiger partial charge is 0.285 e. The van der Waals surface area contributed by atoms with Gasteiger partial charge in [0.05, 0.1) is 5.97 Å². The molecule has 2 N–H and O–H groups in total. The number of Topliss-reactive ketones (excluding diaryl/α,β-unsaturated/α-hetero) is 1. The Morgan fingerprint density at radius 3 is 2.27 bits per heavy atom. The van der Waals surface area contributed by atoms with Crippen LogP contribution in [0.5, 0.6) is 0 Å². The summed E-state index contributed by atoms with van der Waals surface area (Å²) in [5.41, 5.74) is 4.57. The van der Waals surface area contributed by atoms with Crippen molar-refractivity contribution < 1.29 is 19.5 Å². The molecule has 0 saturated carbocycles. The lowest BCUT2D eigenvalue weighted by Crippen LogP contribution is -2.22. The van der Waals surface area contributed by atoms with Crippen molar-refractivity contribution in [2.75, 3.05) is 0 Å². The minimum atomic E-state index is -1.41. The van der Waals surface area contributed by atoms with Gasteiger partial charge < -0.3 is 15.6 Å². The van der Waals surface area contributed by atoms with Gasteiger partial charge in [-0.15, -0.1) is 0 Å². The molecule has 1 amide bonds. The first-order valence-electron chi connectivity index (χ1n) is 2.74. The number of amides is 1. The van der Waals surface area contributed by atoms with Crippen LogP contribution in [0, 0.1) is 0 Å². The van der Waals surface area contributed by atoms with Crippen molar-refractivity contribution >= 4 is 17.7 Å². The number of carbonyl (C=O) groups excluding carboxylic acids is 3.